The molecule has 0 aromatic heterocycles. The number of carboxylic acid groups (broad SMARTS) is 1. The van der Waals surface area contributed by atoms with Crippen LogP contribution in [0.15, 0.2) is 86.6 Å². The Morgan fingerprint density at radius 1 is 0.500 bits per heavy atom. The normalized spacial score (nSPS) is 11.4. The van der Waals surface area contributed by atoms with E-state index in [9.17, 15) is 9.90 Å². The van der Waals surface area contributed by atoms with E-state index in [1.54, 1.807) is 12.1 Å². The molecule has 0 aliphatic rings. The monoisotopic (exact) mass is 662 g/mol. The summed E-state index contributed by atoms with van der Waals surface area (Å²) in [5.41, 5.74) is 0.159. The van der Waals surface area contributed by atoms with Crippen LogP contribution in [0.5, 0.6) is 17.2 Å². The van der Waals surface area contributed by atoms with Gasteiger partial charge < -0.3 is 19.3 Å². The number of allylic oxidation sites excluding steroid dienone is 9. The van der Waals surface area contributed by atoms with Gasteiger partial charge in [-0.2, -0.15) is 0 Å². The SMILES string of the molecule is C=C/C=C/CCCCCCCCOc1cc(C(=O)O)cc(OCCCCCCCC/C=C/C=C)c1OCCCCCCCC/C=C/C=C. The average Bonchev–Trinajstić information content (AvgIpc) is 3.08. The fourth-order valence-electron chi connectivity index (χ4n) is 5.39. The van der Waals surface area contributed by atoms with E-state index in [0.29, 0.717) is 37.1 Å². The minimum Gasteiger partial charge on any atom is -0.490 e. The summed E-state index contributed by atoms with van der Waals surface area (Å²) in [5.74, 6) is 0.477. The number of hydrogen-bond donors (Lipinski definition) is 1. The first kappa shape index (κ1) is 42.6. The van der Waals surface area contributed by atoms with Crippen LogP contribution in [0.1, 0.15) is 145 Å². The Kier molecular flexibility index (Phi) is 28.5. The van der Waals surface area contributed by atoms with Crippen LogP contribution < -0.4 is 14.2 Å². The molecule has 0 amide bonds. The highest BCUT2D eigenvalue weighted by atomic mass is 16.5. The van der Waals surface area contributed by atoms with Gasteiger partial charge in [0.25, 0.3) is 0 Å². The van der Waals surface area contributed by atoms with Crippen LogP contribution in [-0.4, -0.2) is 30.9 Å². The van der Waals surface area contributed by atoms with E-state index in [4.69, 9.17) is 14.2 Å². The zero-order chi connectivity index (χ0) is 34.8. The summed E-state index contributed by atoms with van der Waals surface area (Å²) in [4.78, 5) is 12.0. The van der Waals surface area contributed by atoms with E-state index in [1.807, 2.05) is 36.5 Å². The topological polar surface area (TPSA) is 65.0 Å². The number of carboxylic acids is 1. The molecule has 268 valence electrons. The number of unbranched alkanes of at least 4 members (excludes halogenated alkanes) is 18. The van der Waals surface area contributed by atoms with E-state index < -0.39 is 5.97 Å². The first-order valence-corrected chi connectivity index (χ1v) is 18.8. The maximum absolute atomic E-state index is 12.0. The molecule has 0 aliphatic carbocycles. The summed E-state index contributed by atoms with van der Waals surface area (Å²) < 4.78 is 18.7. The molecule has 0 saturated heterocycles. The molecule has 1 aromatic carbocycles. The summed E-state index contributed by atoms with van der Waals surface area (Å²) in [7, 11) is 0. The minimum atomic E-state index is -0.998. The van der Waals surface area contributed by atoms with Crippen LogP contribution >= 0.6 is 0 Å². The van der Waals surface area contributed by atoms with Crippen molar-refractivity contribution in [2.45, 2.75) is 135 Å². The Labute approximate surface area is 293 Å². The third-order valence-corrected chi connectivity index (χ3v) is 8.14. The first-order chi connectivity index (χ1) is 23.6. The molecule has 0 fully saturated rings. The quantitative estimate of drug-likeness (QED) is 0.0588. The summed E-state index contributed by atoms with van der Waals surface area (Å²) in [5, 5.41) is 9.84. The summed E-state index contributed by atoms with van der Waals surface area (Å²) in [6.07, 6.45) is 41.8. The van der Waals surface area contributed by atoms with Gasteiger partial charge >= 0.3 is 5.97 Å². The number of benzene rings is 1. The van der Waals surface area contributed by atoms with Crippen molar-refractivity contribution in [3.63, 3.8) is 0 Å². The summed E-state index contributed by atoms with van der Waals surface area (Å²) >= 11 is 0. The van der Waals surface area contributed by atoms with Gasteiger partial charge in [-0.15, -0.1) is 0 Å². The molecule has 1 N–H and O–H groups in total. The molecule has 0 atom stereocenters. The van der Waals surface area contributed by atoms with Crippen LogP contribution in [0.2, 0.25) is 0 Å². The largest absolute Gasteiger partial charge is 0.490 e. The summed E-state index contributed by atoms with van der Waals surface area (Å²) in [6.45, 7) is 12.7. The fraction of sp³-hybridized carbons (Fsp3) is 0.558. The van der Waals surface area contributed by atoms with Crippen molar-refractivity contribution in [1.82, 2.24) is 0 Å². The molecule has 5 nitrogen and oxygen atoms in total. The highest BCUT2D eigenvalue weighted by molar-refractivity contribution is 5.89. The molecule has 0 spiro atoms. The second-order valence-corrected chi connectivity index (χ2v) is 12.4. The fourth-order valence-corrected chi connectivity index (χ4v) is 5.39. The van der Waals surface area contributed by atoms with Gasteiger partial charge in [-0.1, -0.05) is 151 Å². The average molecular weight is 663 g/mol. The predicted octanol–water partition coefficient (Wildman–Crippen LogP) is 12.9. The molecular formula is C43H66O5. The molecule has 0 heterocycles. The highest BCUT2D eigenvalue weighted by Crippen LogP contribution is 2.39. The molecule has 0 bridgehead atoms. The Morgan fingerprint density at radius 3 is 1.15 bits per heavy atom. The van der Waals surface area contributed by atoms with E-state index in [-0.39, 0.29) is 5.56 Å². The molecule has 1 aromatic rings. The maximum Gasteiger partial charge on any atom is 0.335 e. The molecule has 0 aliphatic heterocycles. The second-order valence-electron chi connectivity index (χ2n) is 12.4. The van der Waals surface area contributed by atoms with Crippen molar-refractivity contribution in [1.29, 1.82) is 0 Å². The molecule has 1 rings (SSSR count). The molecule has 0 unspecified atom stereocenters. The van der Waals surface area contributed by atoms with Gasteiger partial charge in [-0.05, 0) is 69.9 Å². The first-order valence-electron chi connectivity index (χ1n) is 18.8. The predicted molar refractivity (Wildman–Crippen MR) is 205 cm³/mol. The second kappa shape index (κ2) is 32.1. The van der Waals surface area contributed by atoms with Crippen molar-refractivity contribution in [2.75, 3.05) is 19.8 Å². The number of ether oxygens (including phenoxy) is 3. The zero-order valence-corrected chi connectivity index (χ0v) is 30.0. The smallest absolute Gasteiger partial charge is 0.335 e. The molecule has 48 heavy (non-hydrogen) atoms. The van der Waals surface area contributed by atoms with Crippen LogP contribution in [0.4, 0.5) is 0 Å². The maximum atomic E-state index is 12.0. The lowest BCUT2D eigenvalue weighted by atomic mass is 10.1. The van der Waals surface area contributed by atoms with Gasteiger partial charge in [0.05, 0.1) is 25.4 Å². The van der Waals surface area contributed by atoms with Crippen molar-refractivity contribution in [2.24, 2.45) is 0 Å². The van der Waals surface area contributed by atoms with Crippen molar-refractivity contribution in [3.8, 4) is 17.2 Å². The van der Waals surface area contributed by atoms with Crippen LogP contribution in [0.3, 0.4) is 0 Å². The Balaban J connectivity index is 2.66. The molecular weight excluding hydrogens is 596 g/mol. The Bertz CT molecular complexity index is 1010. The van der Waals surface area contributed by atoms with Gasteiger partial charge in [0.15, 0.2) is 11.5 Å². The van der Waals surface area contributed by atoms with Gasteiger partial charge in [0.2, 0.25) is 5.75 Å². The number of aromatic carboxylic acids is 1. The number of hydrogen-bond acceptors (Lipinski definition) is 4. The number of rotatable bonds is 34. The van der Waals surface area contributed by atoms with E-state index in [2.05, 4.69) is 38.0 Å². The third kappa shape index (κ3) is 23.8. The third-order valence-electron chi connectivity index (χ3n) is 8.14. The Hall–Kier alpha value is -3.47. The standard InChI is InChI=1S/C43H66O5/c1-4-7-10-13-16-19-22-25-28-31-34-46-40-37-39(43(44)45)38-41(47-35-32-29-26-23-20-17-14-11-8-5-2)42(40)48-36-33-30-27-24-21-18-15-12-9-6-3/h4-12,37-38H,1-3,13-36H2,(H,44,45)/b10-7+,11-8+,12-9+. The lowest BCUT2D eigenvalue weighted by Gasteiger charge is -2.18. The molecule has 0 radical (unpaired) electrons. The number of carbonyl (C=O) groups is 1. The Morgan fingerprint density at radius 2 is 0.812 bits per heavy atom. The zero-order valence-electron chi connectivity index (χ0n) is 30.0. The van der Waals surface area contributed by atoms with Crippen molar-refractivity contribution in [3.05, 3.63) is 92.1 Å². The van der Waals surface area contributed by atoms with Crippen LogP contribution in [0, 0.1) is 0 Å². The summed E-state index contributed by atoms with van der Waals surface area (Å²) in [6, 6.07) is 3.18. The lowest BCUT2D eigenvalue weighted by Crippen LogP contribution is -2.08. The van der Waals surface area contributed by atoms with E-state index in [0.717, 1.165) is 57.8 Å². The highest BCUT2D eigenvalue weighted by Gasteiger charge is 2.19. The lowest BCUT2D eigenvalue weighted by molar-refractivity contribution is 0.0695. The van der Waals surface area contributed by atoms with Gasteiger partial charge in [0, 0.05) is 0 Å². The van der Waals surface area contributed by atoms with Crippen LogP contribution in [-0.2, 0) is 0 Å². The van der Waals surface area contributed by atoms with Crippen LogP contribution in [0.25, 0.3) is 0 Å². The van der Waals surface area contributed by atoms with E-state index >= 15 is 0 Å². The van der Waals surface area contributed by atoms with Gasteiger partial charge in [-0.25, -0.2) is 4.79 Å². The van der Waals surface area contributed by atoms with Gasteiger partial charge in [0.1, 0.15) is 0 Å². The van der Waals surface area contributed by atoms with E-state index in [1.165, 1.54) is 77.0 Å². The minimum absolute atomic E-state index is 0.159. The van der Waals surface area contributed by atoms with Crippen molar-refractivity contribution >= 4 is 5.97 Å². The van der Waals surface area contributed by atoms with Gasteiger partial charge in [-0.3, -0.25) is 0 Å². The molecule has 0 saturated carbocycles. The van der Waals surface area contributed by atoms with Crippen molar-refractivity contribution < 1.29 is 24.1 Å². The molecule has 5 heteroatoms.